The van der Waals surface area contributed by atoms with E-state index in [4.69, 9.17) is 5.11 Å². The van der Waals surface area contributed by atoms with Crippen LogP contribution in [0.15, 0.2) is 48.5 Å². The van der Waals surface area contributed by atoms with Gasteiger partial charge in [-0.3, -0.25) is 4.79 Å². The first kappa shape index (κ1) is 13.3. The Kier molecular flexibility index (Phi) is 4.28. The highest BCUT2D eigenvalue weighted by Gasteiger charge is 2.08. The van der Waals surface area contributed by atoms with E-state index in [0.717, 1.165) is 5.56 Å². The molecule has 0 aromatic heterocycles. The molecule has 0 aliphatic carbocycles. The van der Waals surface area contributed by atoms with Crippen molar-refractivity contribution in [3.8, 4) is 0 Å². The number of anilines is 1. The van der Waals surface area contributed by atoms with Crippen molar-refractivity contribution < 1.29 is 15.0 Å². The number of hydrogen-bond donors (Lipinski definition) is 3. The van der Waals surface area contributed by atoms with E-state index in [-0.39, 0.29) is 19.1 Å². The average Bonchev–Trinajstić information content (AvgIpc) is 2.48. The third-order valence-electron chi connectivity index (χ3n) is 2.83. The summed E-state index contributed by atoms with van der Waals surface area (Å²) in [4.78, 5) is 12.0. The van der Waals surface area contributed by atoms with Gasteiger partial charge < -0.3 is 15.5 Å². The second-order valence-corrected chi connectivity index (χ2v) is 4.12. The van der Waals surface area contributed by atoms with Crippen LogP contribution >= 0.6 is 0 Å². The molecule has 4 nitrogen and oxygen atoms in total. The SMILES string of the molecule is O=C(Nc1ccccc1CO)c1ccc(CO)cc1. The quantitative estimate of drug-likeness (QED) is 0.783. The van der Waals surface area contributed by atoms with Crippen molar-refractivity contribution >= 4 is 11.6 Å². The lowest BCUT2D eigenvalue weighted by Crippen LogP contribution is -2.13. The molecule has 1 amide bonds. The summed E-state index contributed by atoms with van der Waals surface area (Å²) >= 11 is 0. The zero-order chi connectivity index (χ0) is 13.7. The van der Waals surface area contributed by atoms with Gasteiger partial charge in [0, 0.05) is 16.8 Å². The Bertz CT molecular complexity index is 564. The number of aliphatic hydroxyl groups excluding tert-OH is 2. The van der Waals surface area contributed by atoms with Crippen molar-refractivity contribution in [3.63, 3.8) is 0 Å². The number of rotatable bonds is 4. The summed E-state index contributed by atoms with van der Waals surface area (Å²) in [6.45, 7) is -0.171. The number of nitrogens with one attached hydrogen (secondary N) is 1. The van der Waals surface area contributed by atoms with Crippen molar-refractivity contribution in [2.75, 3.05) is 5.32 Å². The lowest BCUT2D eigenvalue weighted by atomic mass is 10.1. The van der Waals surface area contributed by atoms with Crippen LogP contribution in [0.4, 0.5) is 5.69 Å². The molecule has 0 aliphatic rings. The lowest BCUT2D eigenvalue weighted by Gasteiger charge is -2.09. The Balaban J connectivity index is 2.16. The van der Waals surface area contributed by atoms with Gasteiger partial charge in [0.15, 0.2) is 0 Å². The topological polar surface area (TPSA) is 69.6 Å². The summed E-state index contributed by atoms with van der Waals surface area (Å²) in [7, 11) is 0. The number of carbonyl (C=O) groups is 1. The zero-order valence-electron chi connectivity index (χ0n) is 10.3. The van der Waals surface area contributed by atoms with Crippen LogP contribution in [-0.2, 0) is 13.2 Å². The minimum Gasteiger partial charge on any atom is -0.392 e. The first-order valence-electron chi connectivity index (χ1n) is 5.94. The van der Waals surface area contributed by atoms with Gasteiger partial charge in [-0.2, -0.15) is 0 Å². The molecule has 2 rings (SSSR count). The van der Waals surface area contributed by atoms with E-state index in [1.54, 1.807) is 48.5 Å². The molecule has 0 spiro atoms. The predicted octanol–water partition coefficient (Wildman–Crippen LogP) is 1.92. The molecule has 0 aliphatic heterocycles. The summed E-state index contributed by atoms with van der Waals surface area (Å²) in [5.74, 6) is -0.245. The molecular formula is C15H15NO3. The molecule has 19 heavy (non-hydrogen) atoms. The van der Waals surface area contributed by atoms with Crippen LogP contribution in [0.2, 0.25) is 0 Å². The number of para-hydroxylation sites is 1. The molecule has 0 saturated heterocycles. The molecule has 0 heterocycles. The predicted molar refractivity (Wildman–Crippen MR) is 72.7 cm³/mol. The molecule has 0 unspecified atom stereocenters. The Hall–Kier alpha value is -2.17. The first-order chi connectivity index (χ1) is 9.24. The third kappa shape index (κ3) is 3.19. The van der Waals surface area contributed by atoms with E-state index >= 15 is 0 Å². The average molecular weight is 257 g/mol. The van der Waals surface area contributed by atoms with E-state index in [1.807, 2.05) is 0 Å². The van der Waals surface area contributed by atoms with Crippen LogP contribution in [0.1, 0.15) is 21.5 Å². The highest BCUT2D eigenvalue weighted by Crippen LogP contribution is 2.16. The minimum atomic E-state index is -0.245. The summed E-state index contributed by atoms with van der Waals surface area (Å²) in [6.07, 6.45) is 0. The summed E-state index contributed by atoms with van der Waals surface area (Å²) in [5, 5.41) is 20.9. The Labute approximate surface area is 111 Å². The van der Waals surface area contributed by atoms with Gasteiger partial charge in [-0.15, -0.1) is 0 Å². The zero-order valence-corrected chi connectivity index (χ0v) is 10.3. The smallest absolute Gasteiger partial charge is 0.255 e. The molecule has 0 bridgehead atoms. The fourth-order valence-corrected chi connectivity index (χ4v) is 1.74. The van der Waals surface area contributed by atoms with E-state index in [1.165, 1.54) is 0 Å². The van der Waals surface area contributed by atoms with Crippen LogP contribution in [-0.4, -0.2) is 16.1 Å². The second kappa shape index (κ2) is 6.13. The highest BCUT2D eigenvalue weighted by atomic mass is 16.3. The fourth-order valence-electron chi connectivity index (χ4n) is 1.74. The van der Waals surface area contributed by atoms with Gasteiger partial charge in [-0.1, -0.05) is 30.3 Å². The maximum absolute atomic E-state index is 12.0. The molecule has 3 N–H and O–H groups in total. The number of amides is 1. The molecular weight excluding hydrogens is 242 g/mol. The van der Waals surface area contributed by atoms with Crippen LogP contribution in [0.25, 0.3) is 0 Å². The van der Waals surface area contributed by atoms with Crippen molar-refractivity contribution in [1.82, 2.24) is 0 Å². The Morgan fingerprint density at radius 2 is 1.63 bits per heavy atom. The van der Waals surface area contributed by atoms with Crippen LogP contribution < -0.4 is 5.32 Å². The van der Waals surface area contributed by atoms with Gasteiger partial charge in [0.05, 0.1) is 13.2 Å². The first-order valence-corrected chi connectivity index (χ1v) is 5.94. The monoisotopic (exact) mass is 257 g/mol. The van der Waals surface area contributed by atoms with Crippen molar-refractivity contribution in [3.05, 3.63) is 65.2 Å². The van der Waals surface area contributed by atoms with Gasteiger partial charge in [-0.05, 0) is 23.8 Å². The fraction of sp³-hybridized carbons (Fsp3) is 0.133. The number of benzene rings is 2. The van der Waals surface area contributed by atoms with Gasteiger partial charge in [0.2, 0.25) is 0 Å². The number of carbonyl (C=O) groups excluding carboxylic acids is 1. The van der Waals surface area contributed by atoms with Crippen LogP contribution in [0.5, 0.6) is 0 Å². The molecule has 0 fully saturated rings. The maximum Gasteiger partial charge on any atom is 0.255 e. The highest BCUT2D eigenvalue weighted by molar-refractivity contribution is 6.04. The van der Waals surface area contributed by atoms with Crippen molar-refractivity contribution in [2.45, 2.75) is 13.2 Å². The number of hydrogen-bond acceptors (Lipinski definition) is 3. The van der Waals surface area contributed by atoms with E-state index < -0.39 is 0 Å². The standard InChI is InChI=1S/C15H15NO3/c17-9-11-5-7-12(8-6-11)15(19)16-14-4-2-1-3-13(14)10-18/h1-8,17-18H,9-10H2,(H,16,19). The van der Waals surface area contributed by atoms with E-state index in [0.29, 0.717) is 16.8 Å². The van der Waals surface area contributed by atoms with Crippen LogP contribution in [0.3, 0.4) is 0 Å². The molecule has 98 valence electrons. The largest absolute Gasteiger partial charge is 0.392 e. The van der Waals surface area contributed by atoms with E-state index in [9.17, 15) is 9.90 Å². The van der Waals surface area contributed by atoms with Gasteiger partial charge >= 0.3 is 0 Å². The third-order valence-corrected chi connectivity index (χ3v) is 2.83. The van der Waals surface area contributed by atoms with Crippen molar-refractivity contribution in [2.24, 2.45) is 0 Å². The Morgan fingerprint density at radius 3 is 2.26 bits per heavy atom. The summed E-state index contributed by atoms with van der Waals surface area (Å²) in [5.41, 5.74) is 2.53. The lowest BCUT2D eigenvalue weighted by molar-refractivity contribution is 0.102. The number of aliphatic hydroxyl groups is 2. The second-order valence-electron chi connectivity index (χ2n) is 4.12. The Morgan fingerprint density at radius 1 is 0.947 bits per heavy atom. The molecule has 0 saturated carbocycles. The summed E-state index contributed by atoms with van der Waals surface area (Å²) in [6, 6.07) is 13.8. The van der Waals surface area contributed by atoms with Gasteiger partial charge in [-0.25, -0.2) is 0 Å². The van der Waals surface area contributed by atoms with Gasteiger partial charge in [0.1, 0.15) is 0 Å². The summed E-state index contributed by atoms with van der Waals surface area (Å²) < 4.78 is 0. The molecule has 2 aromatic carbocycles. The molecule has 2 aromatic rings. The maximum atomic E-state index is 12.0. The molecule has 0 radical (unpaired) electrons. The van der Waals surface area contributed by atoms with E-state index in [2.05, 4.69) is 5.32 Å². The van der Waals surface area contributed by atoms with Crippen molar-refractivity contribution in [1.29, 1.82) is 0 Å². The normalized spacial score (nSPS) is 10.2. The molecule has 4 heteroatoms. The van der Waals surface area contributed by atoms with Crippen LogP contribution in [0, 0.1) is 0 Å². The minimum absolute atomic E-state index is 0.0464. The molecule has 0 atom stereocenters. The van der Waals surface area contributed by atoms with Gasteiger partial charge in [0.25, 0.3) is 5.91 Å².